The van der Waals surface area contributed by atoms with E-state index >= 15 is 0 Å². The molecule has 1 aromatic carbocycles. The van der Waals surface area contributed by atoms with Crippen LogP contribution in [0.1, 0.15) is 34.9 Å². The number of fused-ring (bicyclic) bond motifs is 2. The van der Waals surface area contributed by atoms with Gasteiger partial charge in [0, 0.05) is 30.3 Å². The van der Waals surface area contributed by atoms with Gasteiger partial charge in [-0.1, -0.05) is 0 Å². The van der Waals surface area contributed by atoms with Gasteiger partial charge in [-0.15, -0.1) is 0 Å². The molecule has 28 heavy (non-hydrogen) atoms. The number of pyridine rings is 1. The molecule has 4 heterocycles. The number of aryl methyl sites for hydroxylation is 1. The molecule has 142 valence electrons. The smallest absolute Gasteiger partial charge is 0.256 e. The quantitative estimate of drug-likeness (QED) is 0.511. The van der Waals surface area contributed by atoms with E-state index in [0.29, 0.717) is 28.0 Å². The first-order chi connectivity index (χ1) is 13.6. The van der Waals surface area contributed by atoms with Crippen LogP contribution < -0.4 is 10.6 Å². The first-order valence-corrected chi connectivity index (χ1v) is 9.24. The van der Waals surface area contributed by atoms with Crippen LogP contribution in [0.5, 0.6) is 0 Å². The van der Waals surface area contributed by atoms with Crippen molar-refractivity contribution in [3.05, 3.63) is 53.7 Å². The third-order valence-corrected chi connectivity index (χ3v) is 5.30. The predicted molar refractivity (Wildman–Crippen MR) is 105 cm³/mol. The van der Waals surface area contributed by atoms with Crippen LogP contribution in [0.15, 0.2) is 36.7 Å². The highest BCUT2D eigenvalue weighted by Crippen LogP contribution is 2.30. The third-order valence-electron chi connectivity index (χ3n) is 5.30. The molecule has 0 unspecified atom stereocenters. The summed E-state index contributed by atoms with van der Waals surface area (Å²) in [5.74, 6) is -0.180. The standard InChI is InChI=1S/C20H19FN6O/c1-27-16-5-4-11(7-12(16)9-24-27)20(28)26-17-8-15-13(10-23-17)18(21)19(25-15)14-3-2-6-22-14/h4-5,7-10,14,22,25H,2-3,6H2,1H3,(H,23,26,28)/t14-/m1/s1. The number of aromatic amines is 1. The Morgan fingerprint density at radius 2 is 2.21 bits per heavy atom. The van der Waals surface area contributed by atoms with Crippen LogP contribution in [0.2, 0.25) is 0 Å². The van der Waals surface area contributed by atoms with Crippen molar-refractivity contribution in [2.75, 3.05) is 11.9 Å². The summed E-state index contributed by atoms with van der Waals surface area (Å²) in [4.78, 5) is 20.0. The van der Waals surface area contributed by atoms with Gasteiger partial charge >= 0.3 is 0 Å². The van der Waals surface area contributed by atoms with Crippen LogP contribution in [0, 0.1) is 5.82 Å². The van der Waals surface area contributed by atoms with E-state index in [4.69, 9.17) is 0 Å². The van der Waals surface area contributed by atoms with Gasteiger partial charge in [-0.25, -0.2) is 9.37 Å². The predicted octanol–water partition coefficient (Wildman–Crippen LogP) is 3.27. The molecule has 0 bridgehead atoms. The van der Waals surface area contributed by atoms with Crippen molar-refractivity contribution in [2.45, 2.75) is 18.9 Å². The molecule has 8 heteroatoms. The number of hydrogen-bond donors (Lipinski definition) is 3. The number of amides is 1. The molecule has 0 radical (unpaired) electrons. The lowest BCUT2D eigenvalue weighted by Gasteiger charge is -2.07. The Morgan fingerprint density at radius 1 is 1.32 bits per heavy atom. The molecule has 1 aliphatic heterocycles. The number of nitrogens with zero attached hydrogens (tertiary/aromatic N) is 3. The highest BCUT2D eigenvalue weighted by molar-refractivity contribution is 6.06. The summed E-state index contributed by atoms with van der Waals surface area (Å²) in [5.41, 5.74) is 2.64. The van der Waals surface area contributed by atoms with E-state index in [-0.39, 0.29) is 17.8 Å². The maximum Gasteiger partial charge on any atom is 0.256 e. The lowest BCUT2D eigenvalue weighted by atomic mass is 10.1. The van der Waals surface area contributed by atoms with E-state index in [2.05, 4.69) is 25.7 Å². The molecular formula is C20H19FN6O. The van der Waals surface area contributed by atoms with Crippen molar-refractivity contribution in [3.8, 4) is 0 Å². The van der Waals surface area contributed by atoms with Gasteiger partial charge < -0.3 is 15.6 Å². The summed E-state index contributed by atoms with van der Waals surface area (Å²) in [7, 11) is 1.85. The minimum atomic E-state index is -0.276. The Hall–Kier alpha value is -3.26. The van der Waals surface area contributed by atoms with E-state index < -0.39 is 0 Å². The van der Waals surface area contributed by atoms with Gasteiger partial charge in [0.25, 0.3) is 5.91 Å². The van der Waals surface area contributed by atoms with Gasteiger partial charge in [-0.2, -0.15) is 5.10 Å². The molecule has 1 fully saturated rings. The second-order valence-corrected chi connectivity index (χ2v) is 7.11. The number of anilines is 1. The van der Waals surface area contributed by atoms with Crippen LogP contribution >= 0.6 is 0 Å². The molecule has 0 aliphatic carbocycles. The minimum absolute atomic E-state index is 0.00310. The van der Waals surface area contributed by atoms with Gasteiger partial charge in [0.1, 0.15) is 5.82 Å². The van der Waals surface area contributed by atoms with Crippen molar-refractivity contribution in [1.29, 1.82) is 0 Å². The Morgan fingerprint density at radius 3 is 3.04 bits per heavy atom. The molecule has 1 atom stereocenters. The zero-order valence-corrected chi connectivity index (χ0v) is 15.3. The largest absolute Gasteiger partial charge is 0.354 e. The molecule has 0 spiro atoms. The summed E-state index contributed by atoms with van der Waals surface area (Å²) < 4.78 is 16.4. The molecule has 7 nitrogen and oxygen atoms in total. The maximum absolute atomic E-state index is 14.7. The second kappa shape index (κ2) is 6.42. The first kappa shape index (κ1) is 16.9. The molecule has 0 saturated carbocycles. The maximum atomic E-state index is 14.7. The third kappa shape index (κ3) is 2.73. The molecule has 3 N–H and O–H groups in total. The molecule has 1 saturated heterocycles. The lowest BCUT2D eigenvalue weighted by molar-refractivity contribution is 0.102. The molecule has 4 aromatic rings. The Balaban J connectivity index is 1.42. The fraction of sp³-hybridized carbons (Fsp3) is 0.250. The fourth-order valence-electron chi connectivity index (χ4n) is 3.81. The summed E-state index contributed by atoms with van der Waals surface area (Å²) >= 11 is 0. The number of aromatic nitrogens is 4. The average molecular weight is 378 g/mol. The molecular weight excluding hydrogens is 359 g/mol. The van der Waals surface area contributed by atoms with Crippen molar-refractivity contribution < 1.29 is 9.18 Å². The number of benzene rings is 1. The van der Waals surface area contributed by atoms with Crippen LogP contribution in [0.4, 0.5) is 10.2 Å². The number of hydrogen-bond acceptors (Lipinski definition) is 4. The number of carbonyl (C=O) groups excluding carboxylic acids is 1. The first-order valence-electron chi connectivity index (χ1n) is 9.24. The SMILES string of the molecule is Cn1ncc2cc(C(=O)Nc3cc4[nH]c([C@H]5CCCN5)c(F)c4cn3)ccc21. The Labute approximate surface area is 159 Å². The van der Waals surface area contributed by atoms with Gasteiger partial charge in [-0.3, -0.25) is 9.48 Å². The van der Waals surface area contributed by atoms with Crippen LogP contribution in [0.3, 0.4) is 0 Å². The van der Waals surface area contributed by atoms with Crippen LogP contribution in [-0.4, -0.2) is 32.2 Å². The van der Waals surface area contributed by atoms with Crippen molar-refractivity contribution >= 4 is 33.5 Å². The topological polar surface area (TPSA) is 87.6 Å². The second-order valence-electron chi connectivity index (χ2n) is 7.11. The van der Waals surface area contributed by atoms with E-state index in [0.717, 1.165) is 30.3 Å². The molecule has 5 rings (SSSR count). The van der Waals surface area contributed by atoms with Gasteiger partial charge in [0.15, 0.2) is 5.82 Å². The van der Waals surface area contributed by atoms with Crippen molar-refractivity contribution in [2.24, 2.45) is 7.05 Å². The Kier molecular flexibility index (Phi) is 3.87. The zero-order chi connectivity index (χ0) is 19.3. The van der Waals surface area contributed by atoms with Gasteiger partial charge in [-0.05, 0) is 37.6 Å². The summed E-state index contributed by atoms with van der Waals surface area (Å²) in [6, 6.07) is 7.05. The van der Waals surface area contributed by atoms with Crippen molar-refractivity contribution in [1.82, 2.24) is 25.1 Å². The van der Waals surface area contributed by atoms with Gasteiger partial charge in [0.05, 0.1) is 34.4 Å². The normalized spacial score (nSPS) is 16.9. The number of nitrogens with one attached hydrogen (secondary N) is 3. The average Bonchev–Trinajstić information content (AvgIpc) is 3.42. The Bertz CT molecular complexity index is 1200. The van der Waals surface area contributed by atoms with Crippen LogP contribution in [-0.2, 0) is 7.05 Å². The van der Waals surface area contributed by atoms with E-state index in [9.17, 15) is 9.18 Å². The number of carbonyl (C=O) groups is 1. The zero-order valence-electron chi connectivity index (χ0n) is 15.3. The number of rotatable bonds is 3. The van der Waals surface area contributed by atoms with E-state index in [1.54, 1.807) is 29.1 Å². The number of H-pyrrole nitrogens is 1. The number of halogens is 1. The lowest BCUT2D eigenvalue weighted by Crippen LogP contribution is -2.14. The monoisotopic (exact) mass is 378 g/mol. The highest BCUT2D eigenvalue weighted by Gasteiger charge is 2.23. The molecule has 3 aromatic heterocycles. The molecule has 1 amide bonds. The van der Waals surface area contributed by atoms with Crippen LogP contribution in [0.25, 0.3) is 21.8 Å². The van der Waals surface area contributed by atoms with Gasteiger partial charge in [0.2, 0.25) is 0 Å². The van der Waals surface area contributed by atoms with E-state index in [1.807, 2.05) is 13.1 Å². The van der Waals surface area contributed by atoms with E-state index in [1.165, 1.54) is 6.20 Å². The van der Waals surface area contributed by atoms with Crippen molar-refractivity contribution in [3.63, 3.8) is 0 Å². The highest BCUT2D eigenvalue weighted by atomic mass is 19.1. The summed E-state index contributed by atoms with van der Waals surface area (Å²) in [6.07, 6.45) is 5.11. The minimum Gasteiger partial charge on any atom is -0.354 e. The molecule has 1 aliphatic rings. The summed E-state index contributed by atoms with van der Waals surface area (Å²) in [5, 5.41) is 11.6. The summed E-state index contributed by atoms with van der Waals surface area (Å²) in [6.45, 7) is 0.889. The fourth-order valence-corrected chi connectivity index (χ4v) is 3.81.